The predicted molar refractivity (Wildman–Crippen MR) is 58.4 cm³/mol. The minimum atomic E-state index is 0.575. The number of hydrogen-bond donors (Lipinski definition) is 0. The van der Waals surface area contributed by atoms with Crippen LogP contribution in [0, 0.1) is 6.92 Å². The molecule has 0 radical (unpaired) electrons. The van der Waals surface area contributed by atoms with Crippen molar-refractivity contribution in [2.24, 2.45) is 7.05 Å². The van der Waals surface area contributed by atoms with E-state index in [4.69, 9.17) is 11.6 Å². The van der Waals surface area contributed by atoms with Crippen LogP contribution in [0.15, 0.2) is 30.3 Å². The molecule has 0 saturated carbocycles. The molecule has 0 bridgehead atoms. The van der Waals surface area contributed by atoms with Gasteiger partial charge in [0, 0.05) is 18.2 Å². The van der Waals surface area contributed by atoms with Gasteiger partial charge in [0.1, 0.15) is 0 Å². The second kappa shape index (κ2) is 3.46. The molecule has 0 aliphatic rings. The first-order chi connectivity index (χ1) is 6.70. The van der Waals surface area contributed by atoms with Crippen molar-refractivity contribution >= 4 is 11.6 Å². The van der Waals surface area contributed by atoms with Crippen molar-refractivity contribution in [3.05, 3.63) is 41.0 Å². The molecule has 0 aliphatic heterocycles. The van der Waals surface area contributed by atoms with E-state index in [9.17, 15) is 0 Å². The SMILES string of the molecule is Cc1c(Cl)nn(C)c1-c1ccccc1. The Kier molecular flexibility index (Phi) is 2.30. The van der Waals surface area contributed by atoms with Crippen LogP contribution in [0.2, 0.25) is 5.15 Å². The van der Waals surface area contributed by atoms with Gasteiger partial charge in [-0.1, -0.05) is 41.9 Å². The van der Waals surface area contributed by atoms with Crippen molar-refractivity contribution in [1.29, 1.82) is 0 Å². The van der Waals surface area contributed by atoms with Crippen LogP contribution in [0.1, 0.15) is 5.56 Å². The molecule has 2 nitrogen and oxygen atoms in total. The van der Waals surface area contributed by atoms with E-state index >= 15 is 0 Å². The third-order valence-electron chi connectivity index (χ3n) is 2.27. The second-order valence-corrected chi connectivity index (χ2v) is 3.61. The molecular weight excluding hydrogens is 196 g/mol. The summed E-state index contributed by atoms with van der Waals surface area (Å²) in [5.74, 6) is 0. The molecule has 0 amide bonds. The molecule has 72 valence electrons. The lowest BCUT2D eigenvalue weighted by Crippen LogP contribution is -1.93. The molecule has 3 heteroatoms. The van der Waals surface area contributed by atoms with Gasteiger partial charge in [-0.3, -0.25) is 4.68 Å². The standard InChI is InChI=1S/C11H11ClN2/c1-8-10(14(2)13-11(8)12)9-6-4-3-5-7-9/h3-7H,1-2H3. The normalized spacial score (nSPS) is 10.5. The van der Waals surface area contributed by atoms with Gasteiger partial charge < -0.3 is 0 Å². The summed E-state index contributed by atoms with van der Waals surface area (Å²) in [5.41, 5.74) is 3.25. The molecule has 0 saturated heterocycles. The van der Waals surface area contributed by atoms with Crippen LogP contribution in [0.25, 0.3) is 11.3 Å². The van der Waals surface area contributed by atoms with Crippen molar-refractivity contribution in [3.63, 3.8) is 0 Å². The third-order valence-corrected chi connectivity index (χ3v) is 2.63. The van der Waals surface area contributed by atoms with Crippen molar-refractivity contribution in [2.75, 3.05) is 0 Å². The summed E-state index contributed by atoms with van der Waals surface area (Å²) in [6, 6.07) is 10.1. The summed E-state index contributed by atoms with van der Waals surface area (Å²) in [7, 11) is 1.90. The molecule has 2 rings (SSSR count). The average molecular weight is 207 g/mol. The highest BCUT2D eigenvalue weighted by Gasteiger charge is 2.11. The second-order valence-electron chi connectivity index (χ2n) is 3.25. The Bertz CT molecular complexity index is 446. The highest BCUT2D eigenvalue weighted by molar-refractivity contribution is 6.30. The molecule has 2 aromatic rings. The quantitative estimate of drug-likeness (QED) is 0.701. The largest absolute Gasteiger partial charge is 0.266 e. The topological polar surface area (TPSA) is 17.8 Å². The maximum absolute atomic E-state index is 5.95. The predicted octanol–water partition coefficient (Wildman–Crippen LogP) is 3.05. The summed E-state index contributed by atoms with van der Waals surface area (Å²) in [6.07, 6.45) is 0. The van der Waals surface area contributed by atoms with Crippen LogP contribution < -0.4 is 0 Å². The zero-order valence-corrected chi connectivity index (χ0v) is 8.92. The lowest BCUT2D eigenvalue weighted by molar-refractivity contribution is 0.776. The molecule has 1 heterocycles. The van der Waals surface area contributed by atoms with Gasteiger partial charge in [0.05, 0.1) is 5.69 Å². The van der Waals surface area contributed by atoms with Crippen LogP contribution in [0.3, 0.4) is 0 Å². The number of nitrogens with zero attached hydrogens (tertiary/aromatic N) is 2. The third kappa shape index (κ3) is 1.42. The van der Waals surface area contributed by atoms with Crippen molar-refractivity contribution in [3.8, 4) is 11.3 Å². The van der Waals surface area contributed by atoms with Crippen molar-refractivity contribution in [1.82, 2.24) is 9.78 Å². The molecule has 0 N–H and O–H groups in total. The van der Waals surface area contributed by atoms with Gasteiger partial charge in [-0.05, 0) is 6.92 Å². The molecule has 0 aliphatic carbocycles. The van der Waals surface area contributed by atoms with E-state index in [1.165, 1.54) is 0 Å². The van der Waals surface area contributed by atoms with Crippen molar-refractivity contribution in [2.45, 2.75) is 6.92 Å². The van der Waals surface area contributed by atoms with E-state index < -0.39 is 0 Å². The Hall–Kier alpha value is -1.28. The Labute approximate surface area is 88.1 Å². The first-order valence-corrected chi connectivity index (χ1v) is 4.82. The van der Waals surface area contributed by atoms with Crippen LogP contribution in [0.4, 0.5) is 0 Å². The van der Waals surface area contributed by atoms with E-state index in [0.717, 1.165) is 16.8 Å². The first kappa shape index (κ1) is 9.28. The van der Waals surface area contributed by atoms with Gasteiger partial charge in [0.15, 0.2) is 5.15 Å². The molecular formula is C11H11ClN2. The number of aromatic nitrogens is 2. The summed E-state index contributed by atoms with van der Waals surface area (Å²) < 4.78 is 1.81. The Morgan fingerprint density at radius 1 is 1.21 bits per heavy atom. The number of hydrogen-bond acceptors (Lipinski definition) is 1. The van der Waals surface area contributed by atoms with Gasteiger partial charge in [-0.15, -0.1) is 0 Å². The van der Waals surface area contributed by atoms with Crippen LogP contribution >= 0.6 is 11.6 Å². The molecule has 1 aromatic heterocycles. The molecule has 0 fully saturated rings. The Balaban J connectivity index is 2.62. The van der Waals surface area contributed by atoms with E-state index in [1.54, 1.807) is 0 Å². The lowest BCUT2D eigenvalue weighted by atomic mass is 10.1. The minimum absolute atomic E-state index is 0.575. The number of benzene rings is 1. The highest BCUT2D eigenvalue weighted by Crippen LogP contribution is 2.27. The maximum Gasteiger partial charge on any atom is 0.154 e. The summed E-state index contributed by atoms with van der Waals surface area (Å²) in [6.45, 7) is 1.98. The van der Waals surface area contributed by atoms with E-state index in [2.05, 4.69) is 17.2 Å². The fourth-order valence-corrected chi connectivity index (χ4v) is 1.80. The molecule has 0 unspecified atom stereocenters. The van der Waals surface area contributed by atoms with Crippen LogP contribution in [-0.4, -0.2) is 9.78 Å². The summed E-state index contributed by atoms with van der Waals surface area (Å²) in [5, 5.41) is 4.74. The van der Waals surface area contributed by atoms with Gasteiger partial charge >= 0.3 is 0 Å². The fraction of sp³-hybridized carbons (Fsp3) is 0.182. The summed E-state index contributed by atoms with van der Waals surface area (Å²) >= 11 is 5.95. The Morgan fingerprint density at radius 2 is 1.86 bits per heavy atom. The number of aryl methyl sites for hydroxylation is 1. The van der Waals surface area contributed by atoms with Gasteiger partial charge in [-0.25, -0.2) is 0 Å². The lowest BCUT2D eigenvalue weighted by Gasteiger charge is -2.02. The van der Waals surface area contributed by atoms with Gasteiger partial charge in [0.25, 0.3) is 0 Å². The summed E-state index contributed by atoms with van der Waals surface area (Å²) in [4.78, 5) is 0. The van der Waals surface area contributed by atoms with E-state index in [-0.39, 0.29) is 0 Å². The van der Waals surface area contributed by atoms with Gasteiger partial charge in [-0.2, -0.15) is 5.10 Å². The average Bonchev–Trinajstić information content (AvgIpc) is 2.43. The zero-order chi connectivity index (χ0) is 10.1. The molecule has 0 atom stereocenters. The van der Waals surface area contributed by atoms with Crippen LogP contribution in [0.5, 0.6) is 0 Å². The van der Waals surface area contributed by atoms with Gasteiger partial charge in [0.2, 0.25) is 0 Å². The first-order valence-electron chi connectivity index (χ1n) is 4.44. The van der Waals surface area contributed by atoms with E-state index in [0.29, 0.717) is 5.15 Å². The highest BCUT2D eigenvalue weighted by atomic mass is 35.5. The number of rotatable bonds is 1. The molecule has 14 heavy (non-hydrogen) atoms. The number of halogens is 1. The van der Waals surface area contributed by atoms with Crippen LogP contribution in [-0.2, 0) is 7.05 Å². The minimum Gasteiger partial charge on any atom is -0.266 e. The fourth-order valence-electron chi connectivity index (χ4n) is 1.60. The monoisotopic (exact) mass is 206 g/mol. The molecule has 0 spiro atoms. The zero-order valence-electron chi connectivity index (χ0n) is 8.16. The maximum atomic E-state index is 5.95. The van der Waals surface area contributed by atoms with E-state index in [1.807, 2.05) is 36.9 Å². The van der Waals surface area contributed by atoms with Crippen molar-refractivity contribution < 1.29 is 0 Å². The Morgan fingerprint density at radius 3 is 2.36 bits per heavy atom. The molecule has 1 aromatic carbocycles. The smallest absolute Gasteiger partial charge is 0.154 e.